The fourth-order valence-electron chi connectivity index (χ4n) is 2.54. The van der Waals surface area contributed by atoms with Crippen LogP contribution >= 0.6 is 11.3 Å². The molecule has 1 fully saturated rings. The molecule has 1 aliphatic rings. The van der Waals surface area contributed by atoms with Crippen molar-refractivity contribution in [2.45, 2.75) is 45.6 Å². The van der Waals surface area contributed by atoms with Gasteiger partial charge in [0.2, 0.25) is 5.91 Å². The zero-order chi connectivity index (χ0) is 14.5. The van der Waals surface area contributed by atoms with Crippen molar-refractivity contribution in [2.75, 3.05) is 13.1 Å². The van der Waals surface area contributed by atoms with Gasteiger partial charge in [0.25, 0.3) is 0 Å². The number of Topliss-reactive ketones (excluding diaryl/α,β-unsaturated/α-hetero) is 1. The van der Waals surface area contributed by atoms with Gasteiger partial charge in [0.1, 0.15) is 0 Å². The highest BCUT2D eigenvalue weighted by Gasteiger charge is 2.17. The Bertz CT molecular complexity index is 490. The summed E-state index contributed by atoms with van der Waals surface area (Å²) in [6.07, 6.45) is 2.69. The first-order valence-corrected chi connectivity index (χ1v) is 7.98. The van der Waals surface area contributed by atoms with Crippen molar-refractivity contribution in [3.05, 3.63) is 21.4 Å². The SMILES string of the molecule is Cc1cc(C(=O)CCC(=O)N[C@H]2CCCNC2)c(C)s1. The minimum atomic E-state index is -0.0170. The summed E-state index contributed by atoms with van der Waals surface area (Å²) >= 11 is 1.63. The van der Waals surface area contributed by atoms with Crippen molar-refractivity contribution >= 4 is 23.0 Å². The zero-order valence-electron chi connectivity index (χ0n) is 12.1. The maximum Gasteiger partial charge on any atom is 0.220 e. The number of rotatable bonds is 5. The Kier molecular flexibility index (Phi) is 5.31. The van der Waals surface area contributed by atoms with Gasteiger partial charge >= 0.3 is 0 Å². The number of amides is 1. The molecule has 0 spiro atoms. The van der Waals surface area contributed by atoms with Crippen LogP contribution in [-0.2, 0) is 4.79 Å². The fourth-order valence-corrected chi connectivity index (χ4v) is 3.49. The third kappa shape index (κ3) is 4.15. The van der Waals surface area contributed by atoms with Crippen molar-refractivity contribution in [2.24, 2.45) is 0 Å². The smallest absolute Gasteiger partial charge is 0.220 e. The van der Waals surface area contributed by atoms with Crippen LogP contribution in [0.15, 0.2) is 6.07 Å². The van der Waals surface area contributed by atoms with Crippen LogP contribution in [-0.4, -0.2) is 30.8 Å². The number of aryl methyl sites for hydroxylation is 2. The van der Waals surface area contributed by atoms with Crippen LogP contribution in [0, 0.1) is 13.8 Å². The lowest BCUT2D eigenvalue weighted by molar-refractivity contribution is -0.121. The number of nitrogens with one attached hydrogen (secondary N) is 2. The van der Waals surface area contributed by atoms with E-state index in [1.54, 1.807) is 11.3 Å². The molecule has 0 saturated carbocycles. The van der Waals surface area contributed by atoms with E-state index in [9.17, 15) is 9.59 Å². The van der Waals surface area contributed by atoms with E-state index in [2.05, 4.69) is 10.6 Å². The van der Waals surface area contributed by atoms with Crippen LogP contribution in [0.2, 0.25) is 0 Å². The molecule has 2 N–H and O–H groups in total. The molecule has 5 heteroatoms. The maximum absolute atomic E-state index is 12.1. The van der Waals surface area contributed by atoms with E-state index in [1.807, 2.05) is 19.9 Å². The Hall–Kier alpha value is -1.20. The summed E-state index contributed by atoms with van der Waals surface area (Å²) in [7, 11) is 0. The number of hydrogen-bond acceptors (Lipinski definition) is 4. The summed E-state index contributed by atoms with van der Waals surface area (Å²) in [5.41, 5.74) is 0.777. The molecular formula is C15H22N2O2S. The molecule has 0 radical (unpaired) electrons. The monoisotopic (exact) mass is 294 g/mol. The molecule has 0 bridgehead atoms. The van der Waals surface area contributed by atoms with Crippen molar-refractivity contribution < 1.29 is 9.59 Å². The summed E-state index contributed by atoms with van der Waals surface area (Å²) < 4.78 is 0. The lowest BCUT2D eigenvalue weighted by Crippen LogP contribution is -2.45. The van der Waals surface area contributed by atoms with Gasteiger partial charge in [-0.25, -0.2) is 0 Å². The first-order chi connectivity index (χ1) is 9.56. The molecule has 1 aliphatic heterocycles. The van der Waals surface area contributed by atoms with Crippen molar-refractivity contribution in [1.29, 1.82) is 0 Å². The van der Waals surface area contributed by atoms with E-state index < -0.39 is 0 Å². The molecule has 110 valence electrons. The molecule has 2 rings (SSSR count). The summed E-state index contributed by atoms with van der Waals surface area (Å²) in [4.78, 5) is 26.1. The van der Waals surface area contributed by atoms with E-state index in [4.69, 9.17) is 0 Å². The quantitative estimate of drug-likeness (QED) is 0.819. The lowest BCUT2D eigenvalue weighted by Gasteiger charge is -2.23. The molecule has 1 aromatic heterocycles. The van der Waals surface area contributed by atoms with Gasteiger partial charge in [0.05, 0.1) is 0 Å². The van der Waals surface area contributed by atoms with E-state index >= 15 is 0 Å². The third-order valence-corrected chi connectivity index (χ3v) is 4.55. The zero-order valence-corrected chi connectivity index (χ0v) is 12.9. The molecule has 1 amide bonds. The maximum atomic E-state index is 12.1. The number of hydrogen-bond donors (Lipinski definition) is 2. The molecule has 4 nitrogen and oxygen atoms in total. The van der Waals surface area contributed by atoms with Gasteiger partial charge in [0.15, 0.2) is 5.78 Å². The topological polar surface area (TPSA) is 58.2 Å². The molecule has 0 aromatic carbocycles. The van der Waals surface area contributed by atoms with Crippen molar-refractivity contribution in [3.63, 3.8) is 0 Å². The van der Waals surface area contributed by atoms with Crippen LogP contribution in [0.5, 0.6) is 0 Å². The molecule has 2 heterocycles. The Morgan fingerprint density at radius 3 is 2.80 bits per heavy atom. The number of thiophene rings is 1. The predicted molar refractivity (Wildman–Crippen MR) is 81.4 cm³/mol. The average molecular weight is 294 g/mol. The lowest BCUT2D eigenvalue weighted by atomic mass is 10.1. The predicted octanol–water partition coefficient (Wildman–Crippen LogP) is 2.20. The number of carbonyl (C=O) groups is 2. The third-order valence-electron chi connectivity index (χ3n) is 3.58. The van der Waals surface area contributed by atoms with E-state index in [-0.39, 0.29) is 24.2 Å². The number of ketones is 1. The highest BCUT2D eigenvalue weighted by molar-refractivity contribution is 7.12. The highest BCUT2D eigenvalue weighted by Crippen LogP contribution is 2.22. The first-order valence-electron chi connectivity index (χ1n) is 7.16. The molecular weight excluding hydrogens is 272 g/mol. The first kappa shape index (κ1) is 15.2. The van der Waals surface area contributed by atoms with Crippen LogP contribution < -0.4 is 10.6 Å². The Morgan fingerprint density at radius 1 is 1.40 bits per heavy atom. The summed E-state index contributed by atoms with van der Waals surface area (Å²) in [5, 5.41) is 6.26. The highest BCUT2D eigenvalue weighted by atomic mass is 32.1. The van der Waals surface area contributed by atoms with E-state index in [1.165, 1.54) is 0 Å². The number of carbonyl (C=O) groups excluding carboxylic acids is 2. The molecule has 1 aromatic rings. The van der Waals surface area contributed by atoms with Crippen LogP contribution in [0.25, 0.3) is 0 Å². The molecule has 1 atom stereocenters. The minimum absolute atomic E-state index is 0.0170. The summed E-state index contributed by atoms with van der Waals surface area (Å²) in [5.74, 6) is 0.0559. The second-order valence-corrected chi connectivity index (χ2v) is 6.82. The van der Waals surface area contributed by atoms with Gasteiger partial charge in [-0.3, -0.25) is 9.59 Å². The standard InChI is InChI=1S/C15H22N2O2S/c1-10-8-13(11(2)20-10)14(18)5-6-15(19)17-12-4-3-7-16-9-12/h8,12,16H,3-7,9H2,1-2H3,(H,17,19)/t12-/m0/s1. The second kappa shape index (κ2) is 6.99. The summed E-state index contributed by atoms with van der Waals surface area (Å²) in [6.45, 7) is 5.82. The van der Waals surface area contributed by atoms with Crippen LogP contribution in [0.3, 0.4) is 0 Å². The molecule has 0 aliphatic carbocycles. The van der Waals surface area contributed by atoms with E-state index in [0.717, 1.165) is 41.2 Å². The van der Waals surface area contributed by atoms with Crippen LogP contribution in [0.4, 0.5) is 0 Å². The fraction of sp³-hybridized carbons (Fsp3) is 0.600. The average Bonchev–Trinajstić information content (AvgIpc) is 2.76. The molecule has 1 saturated heterocycles. The second-order valence-electron chi connectivity index (χ2n) is 5.36. The van der Waals surface area contributed by atoms with Gasteiger partial charge in [-0.15, -0.1) is 11.3 Å². The Labute approximate surface area is 124 Å². The largest absolute Gasteiger partial charge is 0.352 e. The van der Waals surface area contributed by atoms with E-state index in [0.29, 0.717) is 6.42 Å². The van der Waals surface area contributed by atoms with Gasteiger partial charge in [0, 0.05) is 40.7 Å². The Morgan fingerprint density at radius 2 is 2.20 bits per heavy atom. The van der Waals surface area contributed by atoms with Gasteiger partial charge in [-0.2, -0.15) is 0 Å². The number of piperidine rings is 1. The van der Waals surface area contributed by atoms with Gasteiger partial charge < -0.3 is 10.6 Å². The Balaban J connectivity index is 1.78. The van der Waals surface area contributed by atoms with Crippen LogP contribution in [0.1, 0.15) is 45.8 Å². The van der Waals surface area contributed by atoms with Gasteiger partial charge in [-0.05, 0) is 39.3 Å². The van der Waals surface area contributed by atoms with Crippen molar-refractivity contribution in [3.8, 4) is 0 Å². The van der Waals surface area contributed by atoms with Gasteiger partial charge in [-0.1, -0.05) is 0 Å². The normalized spacial score (nSPS) is 18.8. The molecule has 0 unspecified atom stereocenters. The summed E-state index contributed by atoms with van der Waals surface area (Å²) in [6, 6.07) is 2.14. The minimum Gasteiger partial charge on any atom is -0.352 e. The molecule has 20 heavy (non-hydrogen) atoms. The van der Waals surface area contributed by atoms with Crippen molar-refractivity contribution in [1.82, 2.24) is 10.6 Å².